The van der Waals surface area contributed by atoms with Crippen LogP contribution in [0.3, 0.4) is 0 Å². The highest BCUT2D eigenvalue weighted by Gasteiger charge is 2.08. The van der Waals surface area contributed by atoms with Crippen molar-refractivity contribution in [1.29, 1.82) is 0 Å². The highest BCUT2D eigenvalue weighted by Crippen LogP contribution is 2.18. The summed E-state index contributed by atoms with van der Waals surface area (Å²) in [7, 11) is 0. The number of benzene rings is 1. The molecule has 0 bridgehead atoms. The zero-order valence-electron chi connectivity index (χ0n) is 8.43. The molecule has 0 aliphatic carbocycles. The van der Waals surface area contributed by atoms with Gasteiger partial charge in [-0.1, -0.05) is 16.8 Å². The number of halogens is 2. The fourth-order valence-electron chi connectivity index (χ4n) is 1.27. The minimum Gasteiger partial charge on any atom is -0.387 e. The minimum atomic E-state index is -0.710. The highest BCUT2D eigenvalue weighted by molar-refractivity contribution is 6.30. The van der Waals surface area contributed by atoms with Crippen molar-refractivity contribution in [3.05, 3.63) is 40.9 Å². The molecule has 1 unspecified atom stereocenters. The van der Waals surface area contributed by atoms with Crippen molar-refractivity contribution in [2.75, 3.05) is 0 Å². The summed E-state index contributed by atoms with van der Waals surface area (Å²) in [6.45, 7) is 1.58. The van der Waals surface area contributed by atoms with Gasteiger partial charge < -0.3 is 5.11 Å². The quantitative estimate of drug-likeness (QED) is 0.876. The number of rotatable bonds is 2. The number of aliphatic hydroxyl groups is 1. The first-order valence-corrected chi connectivity index (χ1v) is 5.01. The molecule has 6 heteroatoms. The van der Waals surface area contributed by atoms with Crippen molar-refractivity contribution in [2.24, 2.45) is 0 Å². The molecule has 1 atom stereocenters. The Kier molecular flexibility index (Phi) is 2.89. The Morgan fingerprint density at radius 3 is 2.75 bits per heavy atom. The van der Waals surface area contributed by atoms with Crippen molar-refractivity contribution < 1.29 is 9.50 Å². The zero-order chi connectivity index (χ0) is 11.7. The lowest BCUT2D eigenvalue weighted by atomic mass is 10.3. The van der Waals surface area contributed by atoms with Gasteiger partial charge in [-0.25, -0.2) is 9.07 Å². The van der Waals surface area contributed by atoms with Crippen LogP contribution in [-0.4, -0.2) is 20.1 Å². The van der Waals surface area contributed by atoms with Crippen LogP contribution in [0.1, 0.15) is 18.7 Å². The van der Waals surface area contributed by atoms with Gasteiger partial charge in [0.2, 0.25) is 0 Å². The first-order valence-electron chi connectivity index (χ1n) is 4.63. The van der Waals surface area contributed by atoms with E-state index in [1.165, 1.54) is 23.0 Å². The molecule has 0 amide bonds. The lowest BCUT2D eigenvalue weighted by molar-refractivity contribution is 0.194. The fourth-order valence-corrected chi connectivity index (χ4v) is 1.48. The van der Waals surface area contributed by atoms with Gasteiger partial charge in [0.15, 0.2) is 0 Å². The molecule has 1 heterocycles. The number of aliphatic hydroxyl groups excluding tert-OH is 1. The van der Waals surface area contributed by atoms with E-state index in [1.54, 1.807) is 13.0 Å². The van der Waals surface area contributed by atoms with Gasteiger partial charge in [0.1, 0.15) is 11.5 Å². The average molecular weight is 242 g/mol. The molecule has 2 aromatic rings. The maximum atomic E-state index is 13.1. The summed E-state index contributed by atoms with van der Waals surface area (Å²) in [5.74, 6) is -0.448. The topological polar surface area (TPSA) is 50.9 Å². The third-order valence-electron chi connectivity index (χ3n) is 2.05. The van der Waals surface area contributed by atoms with Crippen LogP contribution >= 0.6 is 11.6 Å². The first kappa shape index (κ1) is 11.0. The predicted molar refractivity (Wildman–Crippen MR) is 57.0 cm³/mol. The van der Waals surface area contributed by atoms with E-state index in [4.69, 9.17) is 11.6 Å². The summed E-state index contributed by atoms with van der Waals surface area (Å²) in [6.07, 6.45) is 0.813. The highest BCUT2D eigenvalue weighted by atomic mass is 35.5. The van der Waals surface area contributed by atoms with E-state index in [2.05, 4.69) is 10.3 Å². The molecule has 0 saturated heterocycles. The van der Waals surface area contributed by atoms with Gasteiger partial charge in [-0.05, 0) is 25.1 Å². The molecule has 4 nitrogen and oxygen atoms in total. The Labute approximate surface area is 96.3 Å². The lowest BCUT2D eigenvalue weighted by Gasteiger charge is -2.01. The van der Waals surface area contributed by atoms with Gasteiger partial charge in [0, 0.05) is 5.02 Å². The third kappa shape index (κ3) is 2.20. The lowest BCUT2D eigenvalue weighted by Crippen LogP contribution is -1.95. The van der Waals surface area contributed by atoms with E-state index < -0.39 is 11.9 Å². The Morgan fingerprint density at radius 1 is 1.44 bits per heavy atom. The van der Waals surface area contributed by atoms with E-state index in [9.17, 15) is 9.50 Å². The molecule has 0 saturated carbocycles. The van der Waals surface area contributed by atoms with Crippen LogP contribution in [0.5, 0.6) is 0 Å². The maximum absolute atomic E-state index is 13.1. The van der Waals surface area contributed by atoms with Crippen LogP contribution in [0.15, 0.2) is 24.4 Å². The molecule has 0 aliphatic heterocycles. The Hall–Kier alpha value is -1.46. The summed E-state index contributed by atoms with van der Waals surface area (Å²) in [4.78, 5) is 0. The number of aromatic nitrogens is 3. The average Bonchev–Trinajstić information content (AvgIpc) is 2.64. The fraction of sp³-hybridized carbons (Fsp3) is 0.200. The summed E-state index contributed by atoms with van der Waals surface area (Å²) >= 11 is 5.72. The van der Waals surface area contributed by atoms with E-state index >= 15 is 0 Å². The molecule has 0 radical (unpaired) electrons. The van der Waals surface area contributed by atoms with E-state index in [1.807, 2.05) is 0 Å². The minimum absolute atomic E-state index is 0.282. The van der Waals surface area contributed by atoms with Crippen molar-refractivity contribution in [3.8, 4) is 5.69 Å². The molecule has 1 aromatic heterocycles. The van der Waals surface area contributed by atoms with Crippen LogP contribution in [0.2, 0.25) is 5.02 Å². The Morgan fingerprint density at radius 2 is 2.19 bits per heavy atom. The number of hydrogen-bond acceptors (Lipinski definition) is 3. The second-order valence-corrected chi connectivity index (χ2v) is 3.83. The van der Waals surface area contributed by atoms with Crippen LogP contribution in [0, 0.1) is 5.82 Å². The van der Waals surface area contributed by atoms with Gasteiger partial charge in [0.25, 0.3) is 0 Å². The van der Waals surface area contributed by atoms with Gasteiger partial charge >= 0.3 is 0 Å². The van der Waals surface area contributed by atoms with Crippen LogP contribution in [-0.2, 0) is 0 Å². The normalized spacial score (nSPS) is 12.8. The van der Waals surface area contributed by atoms with Crippen molar-refractivity contribution in [3.63, 3.8) is 0 Å². The van der Waals surface area contributed by atoms with Gasteiger partial charge in [-0.15, -0.1) is 5.10 Å². The van der Waals surface area contributed by atoms with Crippen molar-refractivity contribution in [1.82, 2.24) is 15.0 Å². The summed E-state index contributed by atoms with van der Waals surface area (Å²) < 4.78 is 14.4. The van der Waals surface area contributed by atoms with Crippen LogP contribution < -0.4 is 0 Å². The van der Waals surface area contributed by atoms with E-state index in [0.717, 1.165) is 0 Å². The second-order valence-electron chi connectivity index (χ2n) is 3.39. The first-order chi connectivity index (χ1) is 7.56. The molecule has 1 N–H and O–H groups in total. The molecule has 0 fully saturated rings. The Bertz CT molecular complexity index is 492. The molecule has 0 aliphatic rings. The third-order valence-corrected chi connectivity index (χ3v) is 2.27. The van der Waals surface area contributed by atoms with Crippen molar-refractivity contribution >= 4 is 11.6 Å². The number of nitrogens with zero attached hydrogens (tertiary/aromatic N) is 3. The predicted octanol–water partition coefficient (Wildman–Crippen LogP) is 2.11. The summed E-state index contributed by atoms with van der Waals surface area (Å²) in [5, 5.41) is 17.1. The molecule has 0 spiro atoms. The number of hydrogen-bond donors (Lipinski definition) is 1. The monoisotopic (exact) mass is 241 g/mol. The van der Waals surface area contributed by atoms with Crippen molar-refractivity contribution in [2.45, 2.75) is 13.0 Å². The second kappa shape index (κ2) is 4.19. The standard InChI is InChI=1S/C10H9ClFN3O/c1-6(16)10-5-15(14-13-10)9-3-7(11)2-8(12)4-9/h2-6,16H,1H3. The van der Waals surface area contributed by atoms with E-state index in [0.29, 0.717) is 11.4 Å². The zero-order valence-corrected chi connectivity index (χ0v) is 9.19. The van der Waals surface area contributed by atoms with Gasteiger partial charge in [0.05, 0.1) is 18.0 Å². The van der Waals surface area contributed by atoms with E-state index in [-0.39, 0.29) is 5.02 Å². The molecular weight excluding hydrogens is 233 g/mol. The molecule has 16 heavy (non-hydrogen) atoms. The van der Waals surface area contributed by atoms with Crippen LogP contribution in [0.4, 0.5) is 4.39 Å². The molecule has 1 aromatic carbocycles. The molecule has 84 valence electrons. The summed E-state index contributed by atoms with van der Waals surface area (Å²) in [5.41, 5.74) is 0.879. The van der Waals surface area contributed by atoms with Gasteiger partial charge in [-0.3, -0.25) is 0 Å². The molecule has 2 rings (SSSR count). The smallest absolute Gasteiger partial charge is 0.126 e. The SMILES string of the molecule is CC(O)c1cn(-c2cc(F)cc(Cl)c2)nn1. The Balaban J connectivity index is 2.42. The maximum Gasteiger partial charge on any atom is 0.126 e. The van der Waals surface area contributed by atoms with Gasteiger partial charge in [-0.2, -0.15) is 0 Å². The molecular formula is C10H9ClFN3O. The largest absolute Gasteiger partial charge is 0.387 e. The van der Waals surface area contributed by atoms with Crippen LogP contribution in [0.25, 0.3) is 5.69 Å². The summed E-state index contributed by atoms with van der Waals surface area (Å²) in [6, 6.07) is 4.05.